The molecular formula is C13H14FNO3. The average Bonchev–Trinajstić information content (AvgIpc) is 2.67. The molecule has 0 aromatic heterocycles. The van der Waals surface area contributed by atoms with Crippen molar-refractivity contribution in [2.24, 2.45) is 0 Å². The van der Waals surface area contributed by atoms with Gasteiger partial charge in [-0.05, 0) is 24.1 Å². The average molecular weight is 251 g/mol. The highest BCUT2D eigenvalue weighted by molar-refractivity contribution is 6.01. The molecule has 0 spiro atoms. The van der Waals surface area contributed by atoms with Crippen LogP contribution in [0.1, 0.15) is 30.9 Å². The Bertz CT molecular complexity index is 442. The first kappa shape index (κ1) is 12.7. The van der Waals surface area contributed by atoms with E-state index in [0.29, 0.717) is 5.56 Å². The van der Waals surface area contributed by atoms with Gasteiger partial charge in [0.25, 0.3) is 0 Å². The van der Waals surface area contributed by atoms with Gasteiger partial charge in [0, 0.05) is 19.4 Å². The summed E-state index contributed by atoms with van der Waals surface area (Å²) in [6.07, 6.45) is -0.0214. The Labute approximate surface area is 104 Å². The topological polar surface area (TPSA) is 57.6 Å². The van der Waals surface area contributed by atoms with E-state index >= 15 is 0 Å². The molecule has 0 radical (unpaired) electrons. The van der Waals surface area contributed by atoms with Crippen LogP contribution in [0.3, 0.4) is 0 Å². The van der Waals surface area contributed by atoms with Gasteiger partial charge in [0.05, 0.1) is 6.10 Å². The number of carbonyl (C=O) groups is 2. The maximum atomic E-state index is 12.7. The van der Waals surface area contributed by atoms with Crippen LogP contribution in [-0.2, 0) is 9.59 Å². The van der Waals surface area contributed by atoms with Gasteiger partial charge in [0.2, 0.25) is 11.8 Å². The molecule has 1 atom stereocenters. The number of hydrogen-bond donors (Lipinski definition) is 1. The smallest absolute Gasteiger partial charge is 0.229 e. The quantitative estimate of drug-likeness (QED) is 0.823. The van der Waals surface area contributed by atoms with Gasteiger partial charge in [-0.3, -0.25) is 14.5 Å². The highest BCUT2D eigenvalue weighted by atomic mass is 19.1. The number of rotatable bonds is 4. The Kier molecular flexibility index (Phi) is 3.72. The molecule has 0 saturated carbocycles. The monoisotopic (exact) mass is 251 g/mol. The van der Waals surface area contributed by atoms with E-state index < -0.39 is 6.10 Å². The number of likely N-dealkylation sites (tertiary alicyclic amines) is 1. The van der Waals surface area contributed by atoms with Crippen molar-refractivity contribution in [1.29, 1.82) is 0 Å². The van der Waals surface area contributed by atoms with Crippen LogP contribution in [0.2, 0.25) is 0 Å². The number of carbonyl (C=O) groups excluding carboxylic acids is 2. The van der Waals surface area contributed by atoms with Crippen LogP contribution in [0.25, 0.3) is 0 Å². The van der Waals surface area contributed by atoms with Crippen LogP contribution in [-0.4, -0.2) is 28.4 Å². The number of aliphatic hydroxyl groups excluding tert-OH is 1. The number of benzene rings is 1. The standard InChI is InChI=1S/C13H14FNO3/c14-10-3-1-9(2-4-10)11(16)7-8-15-12(17)5-6-13(15)18/h1-4,11,16H,5-8H2. The fourth-order valence-corrected chi connectivity index (χ4v) is 1.98. The summed E-state index contributed by atoms with van der Waals surface area (Å²) in [6, 6.07) is 5.52. The molecule has 0 aliphatic carbocycles. The molecule has 1 fully saturated rings. The molecule has 1 unspecified atom stereocenters. The third-order valence-corrected chi connectivity index (χ3v) is 3.04. The Morgan fingerprint density at radius 2 is 1.72 bits per heavy atom. The second-order valence-electron chi connectivity index (χ2n) is 4.30. The Hall–Kier alpha value is -1.75. The number of hydrogen-bond acceptors (Lipinski definition) is 3. The lowest BCUT2D eigenvalue weighted by atomic mass is 10.1. The molecule has 2 rings (SSSR count). The summed E-state index contributed by atoms with van der Waals surface area (Å²) >= 11 is 0. The third kappa shape index (κ3) is 2.73. The Morgan fingerprint density at radius 1 is 1.17 bits per heavy atom. The zero-order valence-electron chi connectivity index (χ0n) is 9.80. The molecule has 96 valence electrons. The van der Waals surface area contributed by atoms with Gasteiger partial charge in [-0.15, -0.1) is 0 Å². The third-order valence-electron chi connectivity index (χ3n) is 3.04. The fourth-order valence-electron chi connectivity index (χ4n) is 1.98. The fraction of sp³-hybridized carbons (Fsp3) is 0.385. The van der Waals surface area contributed by atoms with Crippen LogP contribution in [0.5, 0.6) is 0 Å². The van der Waals surface area contributed by atoms with Crippen LogP contribution < -0.4 is 0 Å². The summed E-state index contributed by atoms with van der Waals surface area (Å²) < 4.78 is 12.7. The number of aliphatic hydroxyl groups is 1. The van der Waals surface area contributed by atoms with Crippen molar-refractivity contribution in [3.05, 3.63) is 35.6 Å². The molecule has 1 N–H and O–H groups in total. The number of halogens is 1. The zero-order valence-corrected chi connectivity index (χ0v) is 9.80. The van der Waals surface area contributed by atoms with Gasteiger partial charge in [-0.1, -0.05) is 12.1 Å². The highest BCUT2D eigenvalue weighted by Crippen LogP contribution is 2.19. The van der Waals surface area contributed by atoms with Gasteiger partial charge in [-0.25, -0.2) is 4.39 Å². The maximum absolute atomic E-state index is 12.7. The largest absolute Gasteiger partial charge is 0.388 e. The number of nitrogens with zero attached hydrogens (tertiary/aromatic N) is 1. The van der Waals surface area contributed by atoms with Crippen molar-refractivity contribution in [1.82, 2.24) is 4.90 Å². The number of imide groups is 1. The minimum absolute atomic E-state index is 0.189. The second kappa shape index (κ2) is 5.27. The van der Waals surface area contributed by atoms with E-state index in [0.717, 1.165) is 0 Å². The SMILES string of the molecule is O=C1CCC(=O)N1CCC(O)c1ccc(F)cc1. The molecule has 2 amide bonds. The van der Waals surface area contributed by atoms with Gasteiger partial charge in [0.15, 0.2) is 0 Å². The Balaban J connectivity index is 1.92. The van der Waals surface area contributed by atoms with Crippen molar-refractivity contribution in [2.75, 3.05) is 6.54 Å². The van der Waals surface area contributed by atoms with Crippen molar-refractivity contribution in [2.45, 2.75) is 25.4 Å². The van der Waals surface area contributed by atoms with Gasteiger partial charge >= 0.3 is 0 Å². The van der Waals surface area contributed by atoms with Gasteiger partial charge in [-0.2, -0.15) is 0 Å². The van der Waals surface area contributed by atoms with Crippen LogP contribution in [0.4, 0.5) is 4.39 Å². The van der Waals surface area contributed by atoms with Crippen LogP contribution >= 0.6 is 0 Å². The van der Waals surface area contributed by atoms with E-state index in [4.69, 9.17) is 0 Å². The van der Waals surface area contributed by atoms with E-state index in [-0.39, 0.29) is 43.4 Å². The summed E-state index contributed by atoms with van der Waals surface area (Å²) in [5, 5.41) is 9.87. The molecule has 0 bridgehead atoms. The van der Waals surface area contributed by atoms with Crippen LogP contribution in [0, 0.1) is 5.82 Å². The lowest BCUT2D eigenvalue weighted by molar-refractivity contribution is -0.138. The first-order chi connectivity index (χ1) is 8.58. The van der Waals surface area contributed by atoms with E-state index in [2.05, 4.69) is 0 Å². The summed E-state index contributed by atoms with van der Waals surface area (Å²) in [6.45, 7) is 0.205. The van der Waals surface area contributed by atoms with Crippen LogP contribution in [0.15, 0.2) is 24.3 Å². The molecule has 4 nitrogen and oxygen atoms in total. The molecular weight excluding hydrogens is 237 g/mol. The molecule has 1 heterocycles. The summed E-state index contributed by atoms with van der Waals surface area (Å²) in [7, 11) is 0. The summed E-state index contributed by atoms with van der Waals surface area (Å²) in [4.78, 5) is 23.9. The van der Waals surface area contributed by atoms with E-state index in [9.17, 15) is 19.1 Å². The van der Waals surface area contributed by atoms with Gasteiger partial charge in [0.1, 0.15) is 5.82 Å². The predicted molar refractivity (Wildman–Crippen MR) is 61.9 cm³/mol. The lowest BCUT2D eigenvalue weighted by Crippen LogP contribution is -2.30. The molecule has 5 heteroatoms. The normalized spacial score (nSPS) is 17.3. The van der Waals surface area contributed by atoms with E-state index in [1.54, 1.807) is 0 Å². The first-order valence-electron chi connectivity index (χ1n) is 5.84. The lowest BCUT2D eigenvalue weighted by Gasteiger charge is -2.16. The zero-order chi connectivity index (χ0) is 13.1. The minimum atomic E-state index is -0.799. The summed E-state index contributed by atoms with van der Waals surface area (Å²) in [5.41, 5.74) is 0.579. The number of amides is 2. The molecule has 1 aliphatic rings. The molecule has 1 aromatic carbocycles. The highest BCUT2D eigenvalue weighted by Gasteiger charge is 2.28. The molecule has 18 heavy (non-hydrogen) atoms. The van der Waals surface area contributed by atoms with E-state index in [1.807, 2.05) is 0 Å². The van der Waals surface area contributed by atoms with Crippen molar-refractivity contribution < 1.29 is 19.1 Å². The van der Waals surface area contributed by atoms with Gasteiger partial charge < -0.3 is 5.11 Å². The summed E-state index contributed by atoms with van der Waals surface area (Å²) in [5.74, 6) is -0.742. The van der Waals surface area contributed by atoms with E-state index in [1.165, 1.54) is 29.2 Å². The second-order valence-corrected chi connectivity index (χ2v) is 4.30. The van der Waals surface area contributed by atoms with Crippen molar-refractivity contribution >= 4 is 11.8 Å². The molecule has 1 saturated heterocycles. The minimum Gasteiger partial charge on any atom is -0.388 e. The Morgan fingerprint density at radius 3 is 2.28 bits per heavy atom. The first-order valence-corrected chi connectivity index (χ1v) is 5.84. The van der Waals surface area contributed by atoms with Crippen molar-refractivity contribution in [3.8, 4) is 0 Å². The molecule has 1 aromatic rings. The molecule has 1 aliphatic heterocycles. The predicted octanol–water partition coefficient (Wildman–Crippen LogP) is 1.40. The maximum Gasteiger partial charge on any atom is 0.229 e. The van der Waals surface area contributed by atoms with Crippen molar-refractivity contribution in [3.63, 3.8) is 0 Å².